The number of benzene rings is 1. The average molecular weight is 358 g/mol. The molecule has 2 aliphatic rings. The average Bonchev–Trinajstić information content (AvgIpc) is 3.15. The zero-order valence-electron chi connectivity index (χ0n) is 15.1. The Balaban J connectivity index is 1.57. The molecule has 1 saturated heterocycles. The lowest BCUT2D eigenvalue weighted by Gasteiger charge is -2.37. The van der Waals surface area contributed by atoms with Crippen molar-refractivity contribution in [1.29, 1.82) is 0 Å². The van der Waals surface area contributed by atoms with Crippen LogP contribution in [0.5, 0.6) is 5.75 Å². The number of carbonyl (C=O) groups excluding carboxylic acids is 1. The van der Waals surface area contributed by atoms with E-state index in [0.29, 0.717) is 13.1 Å². The number of piperidine rings is 1. The highest BCUT2D eigenvalue weighted by Gasteiger charge is 2.47. The van der Waals surface area contributed by atoms with Gasteiger partial charge in [0.25, 0.3) is 0 Å². The maximum absolute atomic E-state index is 13.7. The van der Waals surface area contributed by atoms with Crippen LogP contribution in [0, 0.1) is 12.7 Å². The Hall–Kier alpha value is -2.44. The van der Waals surface area contributed by atoms with E-state index in [-0.39, 0.29) is 17.6 Å². The lowest BCUT2D eigenvalue weighted by Crippen LogP contribution is -2.48. The van der Waals surface area contributed by atoms with Gasteiger partial charge in [-0.2, -0.15) is 0 Å². The normalized spacial score (nSPS) is 25.3. The van der Waals surface area contributed by atoms with Gasteiger partial charge in [-0.15, -0.1) is 10.2 Å². The standard InChI is InChI=1S/C19H23FN4O2/c1-12-21-22-17-19(2,5-7-24(12)17)18(26)23-6-3-4-13(11-23)14-8-15(20)10-16(25)9-14/h8-10,13,25H,3-7,11H2,1-2H3. The zero-order valence-corrected chi connectivity index (χ0v) is 15.1. The third kappa shape index (κ3) is 2.66. The predicted molar refractivity (Wildman–Crippen MR) is 93.3 cm³/mol. The number of hydrogen-bond donors (Lipinski definition) is 1. The van der Waals surface area contributed by atoms with Crippen molar-refractivity contribution in [1.82, 2.24) is 19.7 Å². The van der Waals surface area contributed by atoms with E-state index in [1.165, 1.54) is 6.07 Å². The summed E-state index contributed by atoms with van der Waals surface area (Å²) in [6.07, 6.45) is 2.45. The largest absolute Gasteiger partial charge is 0.508 e. The summed E-state index contributed by atoms with van der Waals surface area (Å²) in [6.45, 7) is 5.83. The predicted octanol–water partition coefficient (Wildman–Crippen LogP) is 2.50. The molecule has 2 aromatic rings. The third-order valence-corrected chi connectivity index (χ3v) is 5.82. The molecule has 1 N–H and O–H groups in total. The fourth-order valence-electron chi connectivity index (χ4n) is 4.32. The van der Waals surface area contributed by atoms with Crippen LogP contribution in [0.25, 0.3) is 0 Å². The number of carbonyl (C=O) groups is 1. The van der Waals surface area contributed by atoms with Crippen LogP contribution in [0.15, 0.2) is 18.2 Å². The maximum Gasteiger partial charge on any atom is 0.236 e. The van der Waals surface area contributed by atoms with E-state index in [2.05, 4.69) is 10.2 Å². The Morgan fingerprint density at radius 1 is 1.31 bits per heavy atom. The topological polar surface area (TPSA) is 71.2 Å². The Morgan fingerprint density at radius 3 is 2.88 bits per heavy atom. The minimum Gasteiger partial charge on any atom is -0.508 e. The van der Waals surface area contributed by atoms with Gasteiger partial charge in [0.05, 0.1) is 0 Å². The summed E-state index contributed by atoms with van der Waals surface area (Å²) in [6, 6.07) is 4.15. The van der Waals surface area contributed by atoms with Gasteiger partial charge in [-0.25, -0.2) is 4.39 Å². The van der Waals surface area contributed by atoms with E-state index >= 15 is 0 Å². The number of hydrogen-bond acceptors (Lipinski definition) is 4. The van der Waals surface area contributed by atoms with Crippen LogP contribution in [0.2, 0.25) is 0 Å². The Morgan fingerprint density at radius 2 is 2.12 bits per heavy atom. The summed E-state index contributed by atoms with van der Waals surface area (Å²) >= 11 is 0. The minimum atomic E-state index is -0.659. The van der Waals surface area contributed by atoms with Crippen molar-refractivity contribution in [2.24, 2.45) is 0 Å². The molecule has 7 heteroatoms. The highest BCUT2D eigenvalue weighted by molar-refractivity contribution is 5.87. The first-order valence-electron chi connectivity index (χ1n) is 9.07. The van der Waals surface area contributed by atoms with E-state index in [4.69, 9.17) is 0 Å². The number of phenolic OH excluding ortho intramolecular Hbond substituents is 1. The van der Waals surface area contributed by atoms with Gasteiger partial charge in [-0.3, -0.25) is 4.79 Å². The number of phenols is 1. The van der Waals surface area contributed by atoms with Crippen LogP contribution < -0.4 is 0 Å². The molecule has 1 amide bonds. The van der Waals surface area contributed by atoms with Crippen LogP contribution in [0.4, 0.5) is 4.39 Å². The van der Waals surface area contributed by atoms with E-state index in [1.54, 1.807) is 6.07 Å². The molecule has 2 atom stereocenters. The van der Waals surface area contributed by atoms with Gasteiger partial charge in [-0.1, -0.05) is 0 Å². The molecule has 4 rings (SSSR count). The van der Waals surface area contributed by atoms with Crippen molar-refractivity contribution in [2.45, 2.75) is 51.0 Å². The van der Waals surface area contributed by atoms with Crippen molar-refractivity contribution in [3.8, 4) is 5.75 Å². The van der Waals surface area contributed by atoms with Gasteiger partial charge < -0.3 is 14.6 Å². The molecular formula is C19H23FN4O2. The number of fused-ring (bicyclic) bond motifs is 1. The lowest BCUT2D eigenvalue weighted by molar-refractivity contribution is -0.138. The summed E-state index contributed by atoms with van der Waals surface area (Å²) in [5, 5.41) is 18.1. The molecule has 2 aliphatic heterocycles. The fourth-order valence-corrected chi connectivity index (χ4v) is 4.32. The first-order valence-corrected chi connectivity index (χ1v) is 9.07. The third-order valence-electron chi connectivity index (χ3n) is 5.82. The number of aromatic nitrogens is 3. The number of nitrogens with zero attached hydrogens (tertiary/aromatic N) is 4. The first-order chi connectivity index (χ1) is 12.4. The number of amides is 1. The first kappa shape index (κ1) is 17.0. The van der Waals surface area contributed by atoms with E-state index in [1.807, 2.05) is 23.3 Å². The van der Waals surface area contributed by atoms with E-state index in [0.717, 1.165) is 49.1 Å². The number of aryl methyl sites for hydroxylation is 1. The van der Waals surface area contributed by atoms with Crippen molar-refractivity contribution in [3.05, 3.63) is 41.2 Å². The molecule has 0 aliphatic carbocycles. The Kier molecular flexibility index (Phi) is 3.97. The number of halogens is 1. The van der Waals surface area contributed by atoms with Crippen molar-refractivity contribution < 1.29 is 14.3 Å². The van der Waals surface area contributed by atoms with E-state index < -0.39 is 11.2 Å². The number of aromatic hydroxyl groups is 1. The van der Waals surface area contributed by atoms with Crippen LogP contribution in [-0.2, 0) is 16.8 Å². The summed E-state index contributed by atoms with van der Waals surface area (Å²) < 4.78 is 15.7. The quantitative estimate of drug-likeness (QED) is 0.895. The van der Waals surface area contributed by atoms with Gasteiger partial charge >= 0.3 is 0 Å². The van der Waals surface area contributed by atoms with Crippen molar-refractivity contribution in [2.75, 3.05) is 13.1 Å². The van der Waals surface area contributed by atoms with Gasteiger partial charge in [0, 0.05) is 31.6 Å². The lowest BCUT2D eigenvalue weighted by atomic mass is 9.84. The molecule has 1 fully saturated rings. The van der Waals surface area contributed by atoms with Gasteiger partial charge in [0.1, 0.15) is 28.6 Å². The fraction of sp³-hybridized carbons (Fsp3) is 0.526. The molecule has 0 bridgehead atoms. The van der Waals surface area contributed by atoms with Crippen LogP contribution in [-0.4, -0.2) is 43.8 Å². The maximum atomic E-state index is 13.7. The molecule has 6 nitrogen and oxygen atoms in total. The Bertz CT molecular complexity index is 845. The van der Waals surface area contributed by atoms with Crippen LogP contribution >= 0.6 is 0 Å². The van der Waals surface area contributed by atoms with Crippen molar-refractivity contribution >= 4 is 5.91 Å². The molecule has 0 spiro atoms. The number of likely N-dealkylation sites (tertiary alicyclic amines) is 1. The number of rotatable bonds is 2. The summed E-state index contributed by atoms with van der Waals surface area (Å²) in [7, 11) is 0. The summed E-state index contributed by atoms with van der Waals surface area (Å²) in [5.74, 6) is 1.14. The molecule has 138 valence electrons. The zero-order chi connectivity index (χ0) is 18.5. The minimum absolute atomic E-state index is 0.0268. The van der Waals surface area contributed by atoms with Gasteiger partial charge in [0.15, 0.2) is 0 Å². The molecule has 1 aromatic heterocycles. The smallest absolute Gasteiger partial charge is 0.236 e. The molecule has 0 saturated carbocycles. The molecular weight excluding hydrogens is 335 g/mol. The Labute approximate surface area is 151 Å². The molecule has 26 heavy (non-hydrogen) atoms. The monoisotopic (exact) mass is 358 g/mol. The van der Waals surface area contributed by atoms with Crippen LogP contribution in [0.3, 0.4) is 0 Å². The second-order valence-electron chi connectivity index (χ2n) is 7.64. The SMILES string of the molecule is Cc1nnc2n1CCC2(C)C(=O)N1CCCC(c2cc(O)cc(F)c2)C1. The molecule has 1 aromatic carbocycles. The van der Waals surface area contributed by atoms with Crippen molar-refractivity contribution in [3.63, 3.8) is 0 Å². The summed E-state index contributed by atoms with van der Waals surface area (Å²) in [4.78, 5) is 15.2. The highest BCUT2D eigenvalue weighted by atomic mass is 19.1. The van der Waals surface area contributed by atoms with E-state index in [9.17, 15) is 14.3 Å². The second-order valence-corrected chi connectivity index (χ2v) is 7.64. The second kappa shape index (κ2) is 6.07. The summed E-state index contributed by atoms with van der Waals surface area (Å²) in [5.41, 5.74) is 0.0864. The highest BCUT2D eigenvalue weighted by Crippen LogP contribution is 2.38. The molecule has 3 heterocycles. The van der Waals surface area contributed by atoms with Gasteiger partial charge in [-0.05, 0) is 50.8 Å². The molecule has 2 unspecified atom stereocenters. The van der Waals surface area contributed by atoms with Crippen LogP contribution in [0.1, 0.15) is 49.3 Å². The molecule has 0 radical (unpaired) electrons. The van der Waals surface area contributed by atoms with Gasteiger partial charge in [0.2, 0.25) is 5.91 Å².